The first kappa shape index (κ1) is 29.7. The van der Waals surface area contributed by atoms with Gasteiger partial charge < -0.3 is 0 Å². The van der Waals surface area contributed by atoms with Crippen molar-refractivity contribution in [3.05, 3.63) is 191 Å². The Morgan fingerprint density at radius 3 is 1.04 bits per heavy atom. The summed E-state index contributed by atoms with van der Waals surface area (Å²) in [4.78, 5) is 0. The molecule has 0 fully saturated rings. The summed E-state index contributed by atoms with van der Waals surface area (Å²) >= 11 is -2.93. The number of allylic oxidation sites excluding steroid dienone is 2. The van der Waals surface area contributed by atoms with E-state index in [4.69, 9.17) is 0 Å². The van der Waals surface area contributed by atoms with Crippen molar-refractivity contribution in [3.8, 4) is 22.3 Å². The van der Waals surface area contributed by atoms with Gasteiger partial charge in [-0.1, -0.05) is 0 Å². The molecule has 2 unspecified atom stereocenters. The fourth-order valence-corrected chi connectivity index (χ4v) is 15.3. The van der Waals surface area contributed by atoms with Crippen LogP contribution in [0.5, 0.6) is 0 Å². The van der Waals surface area contributed by atoms with E-state index in [1.807, 2.05) is 0 Å². The molecule has 0 radical (unpaired) electrons. The molecule has 0 nitrogen and oxygen atoms in total. The number of hydrogen-bond acceptors (Lipinski definition) is 0. The molecule has 0 bridgehead atoms. The summed E-state index contributed by atoms with van der Waals surface area (Å²) in [5, 5.41) is 0. The zero-order chi connectivity index (χ0) is 32.1. The molecular formula is C46H40Ge. The van der Waals surface area contributed by atoms with Crippen LogP contribution in [0.4, 0.5) is 0 Å². The van der Waals surface area contributed by atoms with Crippen molar-refractivity contribution in [1.29, 1.82) is 0 Å². The van der Waals surface area contributed by atoms with Gasteiger partial charge in [0.05, 0.1) is 0 Å². The summed E-state index contributed by atoms with van der Waals surface area (Å²) in [5.41, 5.74) is 16.5. The predicted molar refractivity (Wildman–Crippen MR) is 204 cm³/mol. The molecule has 2 aliphatic carbocycles. The third-order valence-corrected chi connectivity index (χ3v) is 17.9. The van der Waals surface area contributed by atoms with E-state index >= 15 is 0 Å². The van der Waals surface area contributed by atoms with Crippen LogP contribution in [0.15, 0.2) is 158 Å². The third-order valence-electron chi connectivity index (χ3n) is 10.5. The molecule has 228 valence electrons. The Morgan fingerprint density at radius 1 is 0.383 bits per heavy atom. The Balaban J connectivity index is 1.36. The first-order chi connectivity index (χ1) is 22.9. The zero-order valence-corrected chi connectivity index (χ0v) is 29.8. The van der Waals surface area contributed by atoms with Crippen molar-refractivity contribution >= 4 is 33.2 Å². The number of benzene rings is 6. The van der Waals surface area contributed by atoms with Crippen molar-refractivity contribution in [2.45, 2.75) is 37.2 Å². The maximum atomic E-state index is 2.63. The number of fused-ring (bicyclic) bond motifs is 2. The molecule has 0 amide bonds. The van der Waals surface area contributed by atoms with Gasteiger partial charge in [-0.2, -0.15) is 0 Å². The quantitative estimate of drug-likeness (QED) is 0.155. The summed E-state index contributed by atoms with van der Waals surface area (Å²) in [6.45, 7) is 4.82. The van der Waals surface area contributed by atoms with Gasteiger partial charge in [-0.05, 0) is 0 Å². The average molecular weight is 665 g/mol. The van der Waals surface area contributed by atoms with Crippen LogP contribution in [0.2, 0.25) is 11.5 Å². The predicted octanol–water partition coefficient (Wildman–Crippen LogP) is 10.9. The van der Waals surface area contributed by atoms with Gasteiger partial charge >= 0.3 is 284 Å². The minimum atomic E-state index is -2.93. The van der Waals surface area contributed by atoms with Crippen LogP contribution in [0.1, 0.15) is 59.1 Å². The van der Waals surface area contributed by atoms with Crippen molar-refractivity contribution in [2.75, 3.05) is 0 Å². The molecule has 6 aromatic carbocycles. The Labute approximate surface area is 282 Å². The Kier molecular flexibility index (Phi) is 7.50. The van der Waals surface area contributed by atoms with E-state index in [0.29, 0.717) is 11.8 Å². The van der Waals surface area contributed by atoms with Crippen LogP contribution in [0.25, 0.3) is 33.4 Å². The standard InChI is InChI=1S/C46H40Ge/c1-31-29-39(35-21-13-7-14-22-35)45-37(33-17-9-5-10-18-33)25-27-41(43(31)45)47(3,4)42-28-26-38(34-19-11-6-12-20-34)46-40(30-32(2)44(42)46)36-23-15-8-16-24-36/h5-32H,1-4H3. The molecule has 0 N–H and O–H groups in total. The molecule has 1 heteroatoms. The second kappa shape index (κ2) is 11.9. The molecule has 2 atom stereocenters. The second-order valence-electron chi connectivity index (χ2n) is 13.7. The summed E-state index contributed by atoms with van der Waals surface area (Å²) in [6, 6.07) is 53.9. The van der Waals surface area contributed by atoms with Gasteiger partial charge in [0.25, 0.3) is 0 Å². The first-order valence-corrected chi connectivity index (χ1v) is 23.2. The summed E-state index contributed by atoms with van der Waals surface area (Å²) in [7, 11) is 0. The van der Waals surface area contributed by atoms with Gasteiger partial charge in [-0.25, -0.2) is 0 Å². The van der Waals surface area contributed by atoms with Gasteiger partial charge in [-0.3, -0.25) is 0 Å². The third kappa shape index (κ3) is 4.98. The molecule has 0 aromatic heterocycles. The molecule has 0 spiro atoms. The maximum absolute atomic E-state index is 2.93. The van der Waals surface area contributed by atoms with Crippen molar-refractivity contribution < 1.29 is 0 Å². The molecule has 0 saturated heterocycles. The van der Waals surface area contributed by atoms with Crippen molar-refractivity contribution in [2.24, 2.45) is 0 Å². The monoisotopic (exact) mass is 666 g/mol. The molecule has 47 heavy (non-hydrogen) atoms. The summed E-state index contributed by atoms with van der Waals surface area (Å²) in [6.07, 6.45) is 5.05. The summed E-state index contributed by atoms with van der Waals surface area (Å²) < 4.78 is 3.20. The van der Waals surface area contributed by atoms with Crippen molar-refractivity contribution in [3.63, 3.8) is 0 Å². The number of hydrogen-bond donors (Lipinski definition) is 0. The van der Waals surface area contributed by atoms with Crippen LogP contribution in [0.3, 0.4) is 0 Å². The average Bonchev–Trinajstić information content (AvgIpc) is 3.66. The van der Waals surface area contributed by atoms with Crippen LogP contribution in [0, 0.1) is 0 Å². The van der Waals surface area contributed by atoms with Crippen LogP contribution >= 0.6 is 0 Å². The topological polar surface area (TPSA) is 0 Å². The number of rotatable bonds is 6. The molecule has 0 aliphatic heterocycles. The van der Waals surface area contributed by atoms with Gasteiger partial charge in [-0.15, -0.1) is 0 Å². The molecule has 2 aliphatic rings. The van der Waals surface area contributed by atoms with Gasteiger partial charge in [0.15, 0.2) is 0 Å². The van der Waals surface area contributed by atoms with E-state index in [1.54, 1.807) is 8.79 Å². The summed E-state index contributed by atoms with van der Waals surface area (Å²) in [5.74, 6) is 5.96. The molecule has 0 heterocycles. The second-order valence-corrected chi connectivity index (χ2v) is 22.8. The molecule has 8 rings (SSSR count). The minimum absolute atomic E-state index is 0.343. The van der Waals surface area contributed by atoms with Gasteiger partial charge in [0.1, 0.15) is 0 Å². The molecular weight excluding hydrogens is 625 g/mol. The Bertz CT molecular complexity index is 2000. The van der Waals surface area contributed by atoms with E-state index in [1.165, 1.54) is 66.8 Å². The first-order valence-electron chi connectivity index (χ1n) is 16.9. The van der Waals surface area contributed by atoms with Crippen LogP contribution in [-0.2, 0) is 0 Å². The molecule has 0 saturated carbocycles. The Hall–Kier alpha value is -4.66. The normalized spacial score (nSPS) is 16.8. The SMILES string of the molecule is CC1C=C(c2ccccc2)c2c(-c3ccccc3)cc[c]([Ge]([CH3])([CH3])[c]3ccc(-c4ccccc4)c4c3C(C)C=C4c3ccccc3)c21. The van der Waals surface area contributed by atoms with Gasteiger partial charge in [0.2, 0.25) is 0 Å². The fraction of sp³-hybridized carbons (Fsp3) is 0.130. The van der Waals surface area contributed by atoms with E-state index in [-0.39, 0.29) is 0 Å². The van der Waals surface area contributed by atoms with Crippen LogP contribution < -0.4 is 8.79 Å². The molecule has 6 aromatic rings. The zero-order valence-electron chi connectivity index (χ0n) is 27.7. The Morgan fingerprint density at radius 2 is 0.702 bits per heavy atom. The van der Waals surface area contributed by atoms with Gasteiger partial charge in [0, 0.05) is 0 Å². The van der Waals surface area contributed by atoms with Crippen molar-refractivity contribution in [1.82, 2.24) is 0 Å². The van der Waals surface area contributed by atoms with E-state index < -0.39 is 13.3 Å². The van der Waals surface area contributed by atoms with Crippen LogP contribution in [-0.4, -0.2) is 13.3 Å². The van der Waals surface area contributed by atoms with E-state index in [9.17, 15) is 0 Å². The fourth-order valence-electron chi connectivity index (χ4n) is 8.27. The van der Waals surface area contributed by atoms with E-state index in [0.717, 1.165) is 0 Å². The van der Waals surface area contributed by atoms with E-state index in [2.05, 4.69) is 183 Å².